The van der Waals surface area contributed by atoms with Crippen LogP contribution < -0.4 is 10.2 Å². The summed E-state index contributed by atoms with van der Waals surface area (Å²) in [7, 11) is 0. The van der Waals surface area contributed by atoms with E-state index in [0.717, 1.165) is 0 Å². The average Bonchev–Trinajstić information content (AvgIpc) is 2.53. The monoisotopic (exact) mass is 372 g/mol. The molecule has 1 saturated heterocycles. The lowest BCUT2D eigenvalue weighted by atomic mass is 9.86. The molecule has 0 spiro atoms. The van der Waals surface area contributed by atoms with Crippen LogP contribution in [0.5, 0.6) is 0 Å². The molecule has 114 valence electrons. The minimum absolute atomic E-state index is 0.107. The highest BCUT2D eigenvalue weighted by Gasteiger charge is 2.38. The second-order valence-corrected chi connectivity index (χ2v) is 7.38. The first-order chi connectivity index (χ1) is 9.71. The Morgan fingerprint density at radius 2 is 2.00 bits per heavy atom. The first-order valence-electron chi connectivity index (χ1n) is 6.76. The fraction of sp³-hybridized carbons (Fsp3) is 0.467. The fourth-order valence-corrected chi connectivity index (χ4v) is 2.95. The minimum atomic E-state index is -0.557. The molecule has 4 nitrogen and oxygen atoms in total. The van der Waals surface area contributed by atoms with Crippen LogP contribution in [0.4, 0.5) is 5.69 Å². The van der Waals surface area contributed by atoms with Crippen LogP contribution in [0.25, 0.3) is 0 Å². The Hall–Kier alpha value is -1.07. The zero-order chi connectivity index (χ0) is 15.8. The van der Waals surface area contributed by atoms with Crippen molar-refractivity contribution in [2.24, 2.45) is 5.41 Å². The van der Waals surface area contributed by atoms with E-state index in [9.17, 15) is 9.59 Å². The van der Waals surface area contributed by atoms with Crippen LogP contribution in [0.15, 0.2) is 22.7 Å². The van der Waals surface area contributed by atoms with Gasteiger partial charge in [0.2, 0.25) is 11.8 Å². The Morgan fingerprint density at radius 3 is 2.62 bits per heavy atom. The van der Waals surface area contributed by atoms with Crippen LogP contribution in [0.3, 0.4) is 0 Å². The SMILES string of the molecule is CC(C)(C)C1NC(=O)CCN(c2cccc(Cl)c2Br)C1=O. The van der Waals surface area contributed by atoms with Crippen LogP contribution in [0, 0.1) is 5.41 Å². The Morgan fingerprint density at radius 1 is 1.33 bits per heavy atom. The number of hydrogen-bond acceptors (Lipinski definition) is 2. The lowest BCUT2D eigenvalue weighted by Gasteiger charge is -2.32. The number of hydrogen-bond donors (Lipinski definition) is 1. The molecule has 1 aromatic rings. The van der Waals surface area contributed by atoms with E-state index < -0.39 is 6.04 Å². The number of anilines is 1. The van der Waals surface area contributed by atoms with E-state index >= 15 is 0 Å². The Bertz CT molecular complexity index is 584. The number of rotatable bonds is 1. The van der Waals surface area contributed by atoms with Crippen molar-refractivity contribution in [1.29, 1.82) is 0 Å². The molecule has 1 aromatic carbocycles. The molecule has 2 amide bonds. The smallest absolute Gasteiger partial charge is 0.250 e. The molecule has 21 heavy (non-hydrogen) atoms. The number of carbonyl (C=O) groups excluding carboxylic acids is 2. The van der Waals surface area contributed by atoms with Gasteiger partial charge < -0.3 is 10.2 Å². The summed E-state index contributed by atoms with van der Waals surface area (Å²) in [4.78, 5) is 26.4. The molecular formula is C15H18BrClN2O2. The van der Waals surface area contributed by atoms with Crippen molar-refractivity contribution in [2.45, 2.75) is 33.2 Å². The second kappa shape index (κ2) is 5.97. The zero-order valence-corrected chi connectivity index (χ0v) is 14.6. The predicted octanol–water partition coefficient (Wildman–Crippen LogP) is 3.37. The zero-order valence-electron chi connectivity index (χ0n) is 12.2. The van der Waals surface area contributed by atoms with Gasteiger partial charge in [0, 0.05) is 13.0 Å². The first-order valence-corrected chi connectivity index (χ1v) is 7.93. The van der Waals surface area contributed by atoms with Gasteiger partial charge in [0.15, 0.2) is 0 Å². The third-order valence-electron chi connectivity index (χ3n) is 3.47. The normalized spacial score (nSPS) is 20.2. The number of carbonyl (C=O) groups is 2. The quantitative estimate of drug-likeness (QED) is 0.820. The molecule has 1 aliphatic heterocycles. The summed E-state index contributed by atoms with van der Waals surface area (Å²) >= 11 is 9.53. The van der Waals surface area contributed by atoms with Gasteiger partial charge in [-0.05, 0) is 33.5 Å². The first kappa shape index (κ1) is 16.3. The molecule has 0 saturated carbocycles. The highest BCUT2D eigenvalue weighted by molar-refractivity contribution is 9.10. The van der Waals surface area contributed by atoms with Gasteiger partial charge in [-0.2, -0.15) is 0 Å². The number of halogens is 2. The van der Waals surface area contributed by atoms with Crippen molar-refractivity contribution in [2.75, 3.05) is 11.4 Å². The third-order valence-corrected chi connectivity index (χ3v) is 4.85. The van der Waals surface area contributed by atoms with Gasteiger partial charge in [0.25, 0.3) is 0 Å². The Kier molecular flexibility index (Phi) is 4.63. The van der Waals surface area contributed by atoms with Crippen LogP contribution >= 0.6 is 27.5 Å². The summed E-state index contributed by atoms with van der Waals surface area (Å²) in [5, 5.41) is 3.36. The molecule has 1 atom stereocenters. The van der Waals surface area contributed by atoms with E-state index in [1.165, 1.54) is 0 Å². The Balaban J connectivity index is 2.45. The van der Waals surface area contributed by atoms with E-state index in [1.54, 1.807) is 17.0 Å². The Labute approximate surface area is 138 Å². The van der Waals surface area contributed by atoms with E-state index in [-0.39, 0.29) is 23.7 Å². The van der Waals surface area contributed by atoms with Crippen molar-refractivity contribution in [1.82, 2.24) is 5.32 Å². The molecule has 0 bridgehead atoms. The van der Waals surface area contributed by atoms with Crippen molar-refractivity contribution in [3.63, 3.8) is 0 Å². The molecule has 2 rings (SSSR count). The summed E-state index contributed by atoms with van der Waals surface area (Å²) in [6.45, 7) is 6.15. The molecule has 0 aliphatic carbocycles. The molecule has 0 radical (unpaired) electrons. The van der Waals surface area contributed by atoms with E-state index in [4.69, 9.17) is 11.6 Å². The molecule has 6 heteroatoms. The van der Waals surface area contributed by atoms with Gasteiger partial charge in [0.05, 0.1) is 15.2 Å². The molecule has 1 aliphatic rings. The summed E-state index contributed by atoms with van der Waals surface area (Å²) in [6, 6.07) is 4.81. The van der Waals surface area contributed by atoms with Gasteiger partial charge in [-0.3, -0.25) is 9.59 Å². The molecule has 1 N–H and O–H groups in total. The number of nitrogens with one attached hydrogen (secondary N) is 1. The minimum Gasteiger partial charge on any atom is -0.344 e. The standard InChI is InChI=1S/C15H18BrClN2O2/c1-15(2,3)13-14(21)19(8-7-11(20)18-13)10-6-4-5-9(17)12(10)16/h4-6,13H,7-8H2,1-3H3,(H,18,20). The summed E-state index contributed by atoms with van der Waals surface area (Å²) in [5.74, 6) is -0.222. The maximum absolute atomic E-state index is 12.8. The van der Waals surface area contributed by atoms with Crippen molar-refractivity contribution in [3.8, 4) is 0 Å². The van der Waals surface area contributed by atoms with E-state index in [1.807, 2.05) is 26.8 Å². The molecular weight excluding hydrogens is 356 g/mol. The van der Waals surface area contributed by atoms with Gasteiger partial charge in [-0.25, -0.2) is 0 Å². The van der Waals surface area contributed by atoms with Crippen molar-refractivity contribution in [3.05, 3.63) is 27.7 Å². The van der Waals surface area contributed by atoms with Crippen LogP contribution in [-0.2, 0) is 9.59 Å². The second-order valence-electron chi connectivity index (χ2n) is 6.18. The van der Waals surface area contributed by atoms with Gasteiger partial charge in [-0.1, -0.05) is 38.4 Å². The predicted molar refractivity (Wildman–Crippen MR) is 87.5 cm³/mol. The van der Waals surface area contributed by atoms with Crippen LogP contribution in [-0.4, -0.2) is 24.4 Å². The maximum atomic E-state index is 12.8. The third kappa shape index (κ3) is 3.40. The molecule has 1 unspecified atom stereocenters. The number of benzene rings is 1. The van der Waals surface area contributed by atoms with Crippen LogP contribution in [0.1, 0.15) is 27.2 Å². The number of amides is 2. The van der Waals surface area contributed by atoms with Crippen molar-refractivity contribution >= 4 is 45.0 Å². The maximum Gasteiger partial charge on any atom is 0.250 e. The van der Waals surface area contributed by atoms with Crippen LogP contribution in [0.2, 0.25) is 5.02 Å². The van der Waals surface area contributed by atoms with Crippen molar-refractivity contribution < 1.29 is 9.59 Å². The lowest BCUT2D eigenvalue weighted by Crippen LogP contribution is -2.52. The van der Waals surface area contributed by atoms with Gasteiger partial charge in [-0.15, -0.1) is 0 Å². The van der Waals surface area contributed by atoms with E-state index in [0.29, 0.717) is 21.7 Å². The highest BCUT2D eigenvalue weighted by Crippen LogP contribution is 2.35. The average molecular weight is 374 g/mol. The number of nitrogens with zero attached hydrogens (tertiary/aromatic N) is 1. The summed E-state index contributed by atoms with van der Waals surface area (Å²) in [6.07, 6.45) is 0.275. The van der Waals surface area contributed by atoms with Gasteiger partial charge in [0.1, 0.15) is 6.04 Å². The van der Waals surface area contributed by atoms with E-state index in [2.05, 4.69) is 21.2 Å². The molecule has 1 heterocycles. The topological polar surface area (TPSA) is 49.4 Å². The lowest BCUT2D eigenvalue weighted by molar-refractivity contribution is -0.127. The summed E-state index contributed by atoms with van der Waals surface area (Å²) in [5.41, 5.74) is 0.332. The highest BCUT2D eigenvalue weighted by atomic mass is 79.9. The summed E-state index contributed by atoms with van der Waals surface area (Å²) < 4.78 is 0.669. The van der Waals surface area contributed by atoms with Gasteiger partial charge >= 0.3 is 0 Å². The molecule has 0 aromatic heterocycles. The largest absolute Gasteiger partial charge is 0.344 e. The fourth-order valence-electron chi connectivity index (χ4n) is 2.30. The molecule has 1 fully saturated rings.